The third-order valence-electron chi connectivity index (χ3n) is 3.24. The summed E-state index contributed by atoms with van der Waals surface area (Å²) in [4.78, 5) is 20.4. The van der Waals surface area contributed by atoms with Gasteiger partial charge in [-0.15, -0.1) is 17.0 Å². The molecule has 1 heterocycles. The second kappa shape index (κ2) is 7.93. The molecule has 0 atom stereocenters. The number of nitrogens with one attached hydrogen (secondary N) is 1. The molecule has 1 aromatic heterocycles. The molecule has 2 rings (SSSR count). The molecule has 0 saturated heterocycles. The first-order chi connectivity index (χ1) is 9.71. The van der Waals surface area contributed by atoms with E-state index in [9.17, 15) is 4.79 Å². The predicted octanol–water partition coefficient (Wildman–Crippen LogP) is 2.76. The van der Waals surface area contributed by atoms with E-state index in [-0.39, 0.29) is 22.7 Å². The highest BCUT2D eigenvalue weighted by Gasteiger charge is 2.11. The zero-order valence-corrected chi connectivity index (χ0v) is 14.3. The van der Waals surface area contributed by atoms with Crippen molar-refractivity contribution in [2.24, 2.45) is 0 Å². The number of benzene rings is 1. The van der Waals surface area contributed by atoms with Crippen LogP contribution in [0.25, 0.3) is 5.69 Å². The molecule has 0 bridgehead atoms. The Bertz CT molecular complexity index is 632. The van der Waals surface area contributed by atoms with Crippen molar-refractivity contribution < 1.29 is 0 Å². The summed E-state index contributed by atoms with van der Waals surface area (Å²) in [6.45, 7) is 6.79. The molecule has 0 amide bonds. The molecule has 5 nitrogen and oxygen atoms in total. The van der Waals surface area contributed by atoms with Gasteiger partial charge in [-0.2, -0.15) is 4.98 Å². The number of para-hydroxylation sites is 1. The fourth-order valence-corrected chi connectivity index (χ4v) is 2.26. The summed E-state index contributed by atoms with van der Waals surface area (Å²) in [5.74, 6) is 0.376. The molecule has 1 N–H and O–H groups in total. The molecule has 0 radical (unpaired) electrons. The summed E-state index contributed by atoms with van der Waals surface area (Å²) in [6.07, 6.45) is 3.29. The van der Waals surface area contributed by atoms with Crippen molar-refractivity contribution in [1.82, 2.24) is 14.5 Å². The number of hydrogen-bond acceptors (Lipinski definition) is 4. The van der Waals surface area contributed by atoms with Crippen molar-refractivity contribution >= 4 is 22.9 Å². The molecule has 2 aromatic rings. The lowest BCUT2D eigenvalue weighted by Crippen LogP contribution is -2.25. The Balaban J connectivity index is 0.00000220. The van der Waals surface area contributed by atoms with E-state index in [0.29, 0.717) is 12.5 Å². The normalized spacial score (nSPS) is 10.0. The van der Waals surface area contributed by atoms with Crippen LogP contribution in [0.1, 0.15) is 31.9 Å². The molecule has 6 heteroatoms. The van der Waals surface area contributed by atoms with Crippen LogP contribution in [0.5, 0.6) is 0 Å². The number of aryl methyl sites for hydroxylation is 2. The third-order valence-corrected chi connectivity index (χ3v) is 3.24. The highest BCUT2D eigenvalue weighted by molar-refractivity contribution is 8.93. The van der Waals surface area contributed by atoms with Gasteiger partial charge in [-0.1, -0.05) is 32.0 Å². The van der Waals surface area contributed by atoms with Gasteiger partial charge in [-0.05, 0) is 30.9 Å². The number of halogens is 1. The summed E-state index contributed by atoms with van der Waals surface area (Å²) in [5.41, 5.74) is 2.88. The van der Waals surface area contributed by atoms with E-state index in [1.165, 1.54) is 0 Å². The first kappa shape index (κ1) is 17.4. The molecule has 0 saturated carbocycles. The topological polar surface area (TPSA) is 59.8 Å². The van der Waals surface area contributed by atoms with Gasteiger partial charge in [0.25, 0.3) is 0 Å². The Hall–Kier alpha value is -1.69. The second-order valence-corrected chi connectivity index (χ2v) is 4.49. The van der Waals surface area contributed by atoms with Crippen molar-refractivity contribution in [2.45, 2.75) is 33.6 Å². The van der Waals surface area contributed by atoms with Crippen molar-refractivity contribution in [1.29, 1.82) is 0 Å². The van der Waals surface area contributed by atoms with Crippen LogP contribution in [0.4, 0.5) is 5.95 Å². The van der Waals surface area contributed by atoms with Crippen LogP contribution in [-0.2, 0) is 12.8 Å². The molecular formula is C15H21BrN4O. The average molecular weight is 353 g/mol. The number of rotatable bonds is 5. The van der Waals surface area contributed by atoms with E-state index in [1.54, 1.807) is 10.9 Å². The van der Waals surface area contributed by atoms with Crippen molar-refractivity contribution in [3.8, 4) is 5.69 Å². The highest BCUT2D eigenvalue weighted by Crippen LogP contribution is 2.19. The van der Waals surface area contributed by atoms with E-state index >= 15 is 0 Å². The van der Waals surface area contributed by atoms with Crippen molar-refractivity contribution in [3.05, 3.63) is 46.1 Å². The smallest absolute Gasteiger partial charge is 0.354 e. The maximum Gasteiger partial charge on any atom is 0.356 e. The predicted molar refractivity (Wildman–Crippen MR) is 90.9 cm³/mol. The quantitative estimate of drug-likeness (QED) is 0.898. The minimum absolute atomic E-state index is 0. The number of anilines is 1. The highest BCUT2D eigenvalue weighted by atomic mass is 79.9. The lowest BCUT2D eigenvalue weighted by Gasteiger charge is -2.14. The Morgan fingerprint density at radius 2 is 1.76 bits per heavy atom. The number of aromatic nitrogens is 3. The summed E-state index contributed by atoms with van der Waals surface area (Å²) >= 11 is 0. The first-order valence-corrected chi connectivity index (χ1v) is 7.01. The van der Waals surface area contributed by atoms with Gasteiger partial charge in [0.2, 0.25) is 5.95 Å². The lowest BCUT2D eigenvalue weighted by atomic mass is 10.0. The summed E-state index contributed by atoms with van der Waals surface area (Å²) in [5, 5.41) is 2.95. The molecule has 0 fully saturated rings. The van der Waals surface area contributed by atoms with Gasteiger partial charge in [0.15, 0.2) is 0 Å². The minimum atomic E-state index is -0.299. The van der Waals surface area contributed by atoms with E-state index < -0.39 is 0 Å². The van der Waals surface area contributed by atoms with E-state index in [0.717, 1.165) is 29.7 Å². The Morgan fingerprint density at radius 3 is 2.24 bits per heavy atom. The Kier molecular flexibility index (Phi) is 6.55. The molecular weight excluding hydrogens is 332 g/mol. The third kappa shape index (κ3) is 3.69. The van der Waals surface area contributed by atoms with Crippen LogP contribution < -0.4 is 11.0 Å². The van der Waals surface area contributed by atoms with Gasteiger partial charge in [0.05, 0.1) is 5.69 Å². The largest absolute Gasteiger partial charge is 0.356 e. The molecule has 0 spiro atoms. The van der Waals surface area contributed by atoms with Crippen LogP contribution >= 0.6 is 17.0 Å². The Morgan fingerprint density at radius 1 is 1.14 bits per heavy atom. The fraction of sp³-hybridized carbons (Fsp3) is 0.400. The van der Waals surface area contributed by atoms with Crippen LogP contribution in [0.15, 0.2) is 29.3 Å². The lowest BCUT2D eigenvalue weighted by molar-refractivity contribution is 0.833. The van der Waals surface area contributed by atoms with Crippen LogP contribution in [0, 0.1) is 0 Å². The van der Waals surface area contributed by atoms with Crippen LogP contribution in [0.3, 0.4) is 0 Å². The minimum Gasteiger partial charge on any atom is -0.354 e. The molecule has 0 aliphatic heterocycles. The van der Waals surface area contributed by atoms with Crippen molar-refractivity contribution in [3.63, 3.8) is 0 Å². The van der Waals surface area contributed by atoms with Gasteiger partial charge in [0, 0.05) is 6.54 Å². The average Bonchev–Trinajstić information content (AvgIpc) is 2.47. The van der Waals surface area contributed by atoms with E-state index in [1.807, 2.05) is 25.1 Å². The van der Waals surface area contributed by atoms with Gasteiger partial charge in [-0.25, -0.2) is 9.78 Å². The Labute approximate surface area is 135 Å². The maximum absolute atomic E-state index is 12.2. The summed E-state index contributed by atoms with van der Waals surface area (Å²) in [7, 11) is 0. The zero-order chi connectivity index (χ0) is 14.5. The first-order valence-electron chi connectivity index (χ1n) is 7.01. The summed E-state index contributed by atoms with van der Waals surface area (Å²) in [6, 6.07) is 6.11. The monoisotopic (exact) mass is 352 g/mol. The van der Waals surface area contributed by atoms with Gasteiger partial charge >= 0.3 is 5.69 Å². The van der Waals surface area contributed by atoms with Crippen LogP contribution in [-0.4, -0.2) is 21.1 Å². The molecule has 0 aliphatic rings. The van der Waals surface area contributed by atoms with Gasteiger partial charge in [0.1, 0.15) is 6.33 Å². The molecule has 21 heavy (non-hydrogen) atoms. The zero-order valence-electron chi connectivity index (χ0n) is 12.6. The van der Waals surface area contributed by atoms with Crippen molar-refractivity contribution in [2.75, 3.05) is 11.9 Å². The van der Waals surface area contributed by atoms with E-state index in [2.05, 4.69) is 29.1 Å². The molecule has 114 valence electrons. The SMILES string of the molecule is Br.CCNc1ncn(-c2c(CC)cccc2CC)c(=O)n1. The number of hydrogen-bond donors (Lipinski definition) is 1. The van der Waals surface area contributed by atoms with E-state index in [4.69, 9.17) is 0 Å². The number of nitrogens with zero attached hydrogens (tertiary/aromatic N) is 3. The maximum atomic E-state index is 12.2. The molecule has 0 aliphatic carbocycles. The van der Waals surface area contributed by atoms with Crippen LogP contribution in [0.2, 0.25) is 0 Å². The molecule has 0 unspecified atom stereocenters. The standard InChI is InChI=1S/C15H20N4O.BrH/c1-4-11-8-7-9-12(5-2)13(11)19-10-17-14(16-6-3)18-15(19)20;/h7-10H,4-6H2,1-3H3,(H,16,18,20);1H. The summed E-state index contributed by atoms with van der Waals surface area (Å²) < 4.78 is 1.54. The fourth-order valence-electron chi connectivity index (χ4n) is 2.26. The second-order valence-electron chi connectivity index (χ2n) is 4.49. The molecule has 1 aromatic carbocycles. The van der Waals surface area contributed by atoms with Gasteiger partial charge in [-0.3, -0.25) is 4.57 Å². The van der Waals surface area contributed by atoms with Gasteiger partial charge < -0.3 is 5.32 Å².